The molecule has 3 aromatic carbocycles. The number of benzene rings is 3. The molecule has 0 unspecified atom stereocenters. The highest BCUT2D eigenvalue weighted by atomic mass is 35.5. The molecule has 2 aromatic heterocycles. The molecule has 0 aliphatic heterocycles. The summed E-state index contributed by atoms with van der Waals surface area (Å²) in [7, 11) is 0. The van der Waals surface area contributed by atoms with Gasteiger partial charge in [-0.05, 0) is 67.9 Å². The van der Waals surface area contributed by atoms with Gasteiger partial charge in [-0.25, -0.2) is 15.0 Å². The van der Waals surface area contributed by atoms with Gasteiger partial charge >= 0.3 is 0 Å². The molecule has 0 saturated heterocycles. The van der Waals surface area contributed by atoms with Gasteiger partial charge in [0.1, 0.15) is 5.82 Å². The van der Waals surface area contributed by atoms with E-state index in [1.54, 1.807) is 12.4 Å². The van der Waals surface area contributed by atoms with Crippen LogP contribution in [0.2, 0.25) is 5.02 Å². The van der Waals surface area contributed by atoms with Crippen LogP contribution < -0.4 is 16.0 Å². The Balaban J connectivity index is 1.14. The van der Waals surface area contributed by atoms with Crippen molar-refractivity contribution >= 4 is 40.5 Å². The van der Waals surface area contributed by atoms with Crippen LogP contribution in [0.25, 0.3) is 11.3 Å². The lowest BCUT2D eigenvalue weighted by Gasteiger charge is -2.13. The fourth-order valence-corrected chi connectivity index (χ4v) is 4.47. The van der Waals surface area contributed by atoms with E-state index in [0.29, 0.717) is 22.1 Å². The molecular formula is C32H29ClN6O. The lowest BCUT2D eigenvalue weighted by Crippen LogP contribution is -2.11. The molecule has 0 bridgehead atoms. The molecule has 200 valence electrons. The number of rotatable bonds is 11. The lowest BCUT2D eigenvalue weighted by atomic mass is 10.0. The molecule has 0 fully saturated rings. The number of ketones is 1. The van der Waals surface area contributed by atoms with Crippen molar-refractivity contribution in [3.8, 4) is 11.3 Å². The summed E-state index contributed by atoms with van der Waals surface area (Å²) in [5, 5.41) is 10.7. The van der Waals surface area contributed by atoms with Crippen molar-refractivity contribution < 1.29 is 4.79 Å². The molecule has 5 rings (SSSR count). The summed E-state index contributed by atoms with van der Waals surface area (Å²) in [6.45, 7) is 3.57. The van der Waals surface area contributed by atoms with Crippen LogP contribution in [-0.2, 0) is 0 Å². The van der Waals surface area contributed by atoms with Gasteiger partial charge in [0.25, 0.3) is 0 Å². The molecular weight excluding hydrogens is 520 g/mol. The molecule has 0 spiro atoms. The minimum atomic E-state index is 0.0250. The van der Waals surface area contributed by atoms with Crippen LogP contribution in [-0.4, -0.2) is 33.8 Å². The van der Waals surface area contributed by atoms with E-state index in [1.165, 1.54) is 0 Å². The van der Waals surface area contributed by atoms with Crippen molar-refractivity contribution in [1.82, 2.24) is 15.0 Å². The van der Waals surface area contributed by atoms with Gasteiger partial charge in [-0.2, -0.15) is 0 Å². The van der Waals surface area contributed by atoms with Crippen LogP contribution in [0.3, 0.4) is 0 Å². The molecule has 2 heterocycles. The second kappa shape index (κ2) is 12.9. The maximum absolute atomic E-state index is 12.6. The van der Waals surface area contributed by atoms with Crippen LogP contribution in [0, 0.1) is 6.92 Å². The summed E-state index contributed by atoms with van der Waals surface area (Å²) in [4.78, 5) is 26.2. The van der Waals surface area contributed by atoms with E-state index < -0.39 is 0 Å². The Bertz CT molecular complexity index is 1590. The van der Waals surface area contributed by atoms with Gasteiger partial charge in [-0.1, -0.05) is 48.0 Å². The first kappa shape index (κ1) is 26.8. The average molecular weight is 549 g/mol. The highest BCUT2D eigenvalue weighted by Gasteiger charge is 2.11. The number of anilines is 4. The number of hydrogen-bond donors (Lipinski definition) is 3. The topological polar surface area (TPSA) is 91.8 Å². The van der Waals surface area contributed by atoms with Gasteiger partial charge in [0.05, 0.1) is 5.69 Å². The average Bonchev–Trinajstić information content (AvgIpc) is 2.98. The van der Waals surface area contributed by atoms with Gasteiger partial charge < -0.3 is 16.0 Å². The van der Waals surface area contributed by atoms with Gasteiger partial charge in [0, 0.05) is 64.1 Å². The van der Waals surface area contributed by atoms with Crippen molar-refractivity contribution in [1.29, 1.82) is 0 Å². The first-order valence-corrected chi connectivity index (χ1v) is 13.4. The Labute approximate surface area is 238 Å². The SMILES string of the molecule is Cc1c(-c2ccnc(Nc3cccc(Cl)c3)n2)ccnc1NCCCNc1ccc(C(=O)c2ccccc2)cc1. The van der Waals surface area contributed by atoms with E-state index in [2.05, 4.69) is 25.9 Å². The molecule has 3 N–H and O–H groups in total. The third-order valence-corrected chi connectivity index (χ3v) is 6.61. The predicted molar refractivity (Wildman–Crippen MR) is 163 cm³/mol. The summed E-state index contributed by atoms with van der Waals surface area (Å²) in [6.07, 6.45) is 4.41. The van der Waals surface area contributed by atoms with Gasteiger partial charge in [0.2, 0.25) is 5.95 Å². The van der Waals surface area contributed by atoms with Crippen molar-refractivity contribution in [3.05, 3.63) is 125 Å². The molecule has 7 nitrogen and oxygen atoms in total. The van der Waals surface area contributed by atoms with Crippen molar-refractivity contribution in [3.63, 3.8) is 0 Å². The fraction of sp³-hybridized carbons (Fsp3) is 0.125. The first-order chi connectivity index (χ1) is 19.6. The Morgan fingerprint density at radius 1 is 0.775 bits per heavy atom. The number of hydrogen-bond acceptors (Lipinski definition) is 7. The molecule has 0 aliphatic carbocycles. The zero-order chi connectivity index (χ0) is 27.7. The van der Waals surface area contributed by atoms with Crippen LogP contribution in [0.1, 0.15) is 27.9 Å². The molecule has 0 saturated carbocycles. The van der Waals surface area contributed by atoms with E-state index in [1.807, 2.05) is 97.9 Å². The number of carbonyl (C=O) groups is 1. The monoisotopic (exact) mass is 548 g/mol. The normalized spacial score (nSPS) is 10.7. The quantitative estimate of drug-likeness (QED) is 0.117. The van der Waals surface area contributed by atoms with Crippen molar-refractivity contribution in [2.24, 2.45) is 0 Å². The number of nitrogens with zero attached hydrogens (tertiary/aromatic N) is 3. The Morgan fingerprint density at radius 3 is 2.33 bits per heavy atom. The summed E-state index contributed by atoms with van der Waals surface area (Å²) < 4.78 is 0. The van der Waals surface area contributed by atoms with E-state index in [4.69, 9.17) is 16.6 Å². The third-order valence-electron chi connectivity index (χ3n) is 6.37. The number of halogens is 1. The lowest BCUT2D eigenvalue weighted by molar-refractivity contribution is 0.103. The summed E-state index contributed by atoms with van der Waals surface area (Å²) >= 11 is 6.09. The van der Waals surface area contributed by atoms with E-state index in [-0.39, 0.29) is 5.78 Å². The fourth-order valence-electron chi connectivity index (χ4n) is 4.28. The Hall–Kier alpha value is -4.75. The molecule has 0 radical (unpaired) electrons. The second-order valence-corrected chi connectivity index (χ2v) is 9.65. The van der Waals surface area contributed by atoms with Crippen LogP contribution in [0.5, 0.6) is 0 Å². The Morgan fingerprint density at radius 2 is 1.52 bits per heavy atom. The Kier molecular flexibility index (Phi) is 8.63. The molecule has 0 aliphatic rings. The van der Waals surface area contributed by atoms with Crippen LogP contribution >= 0.6 is 11.6 Å². The number of aromatic nitrogens is 3. The van der Waals surface area contributed by atoms with Crippen molar-refractivity contribution in [2.45, 2.75) is 13.3 Å². The van der Waals surface area contributed by atoms with Crippen LogP contribution in [0.4, 0.5) is 23.1 Å². The highest BCUT2D eigenvalue weighted by Crippen LogP contribution is 2.27. The minimum absolute atomic E-state index is 0.0250. The maximum Gasteiger partial charge on any atom is 0.227 e. The standard InChI is InChI=1S/C32H29ClN6O/c1-22-28(29-16-20-37-32(39-29)38-27-10-5-9-25(33)21-27)15-19-36-31(22)35-18-6-17-34-26-13-11-24(12-14-26)30(40)23-7-3-2-4-8-23/h2-5,7-16,19-21,34H,6,17-18H2,1H3,(H,35,36)(H,37,38,39). The smallest absolute Gasteiger partial charge is 0.227 e. The van der Waals surface area contributed by atoms with Gasteiger partial charge in [-0.15, -0.1) is 0 Å². The molecule has 0 amide bonds. The number of pyridine rings is 1. The summed E-state index contributed by atoms with van der Waals surface area (Å²) in [6, 6.07) is 28.2. The maximum atomic E-state index is 12.6. The largest absolute Gasteiger partial charge is 0.385 e. The number of carbonyl (C=O) groups excluding carboxylic acids is 1. The van der Waals surface area contributed by atoms with Crippen molar-refractivity contribution in [2.75, 3.05) is 29.0 Å². The molecule has 40 heavy (non-hydrogen) atoms. The summed E-state index contributed by atoms with van der Waals surface area (Å²) in [5.74, 6) is 1.34. The van der Waals surface area contributed by atoms with Crippen LogP contribution in [0.15, 0.2) is 103 Å². The number of nitrogens with one attached hydrogen (secondary N) is 3. The molecule has 8 heteroatoms. The zero-order valence-corrected chi connectivity index (χ0v) is 22.8. The molecule has 0 atom stereocenters. The van der Waals surface area contributed by atoms with Gasteiger partial charge in [0.15, 0.2) is 5.78 Å². The highest BCUT2D eigenvalue weighted by molar-refractivity contribution is 6.30. The third kappa shape index (κ3) is 6.81. The zero-order valence-electron chi connectivity index (χ0n) is 22.1. The van der Waals surface area contributed by atoms with E-state index in [0.717, 1.165) is 53.5 Å². The summed E-state index contributed by atoms with van der Waals surface area (Å²) in [5.41, 5.74) is 5.97. The van der Waals surface area contributed by atoms with Gasteiger partial charge in [-0.3, -0.25) is 4.79 Å². The van der Waals surface area contributed by atoms with E-state index in [9.17, 15) is 4.79 Å². The minimum Gasteiger partial charge on any atom is -0.385 e. The second-order valence-electron chi connectivity index (χ2n) is 9.21. The first-order valence-electron chi connectivity index (χ1n) is 13.1. The molecule has 5 aromatic rings. The predicted octanol–water partition coefficient (Wildman–Crippen LogP) is 7.39. The van der Waals surface area contributed by atoms with E-state index >= 15 is 0 Å².